The summed E-state index contributed by atoms with van der Waals surface area (Å²) < 4.78 is 29.4. The molecule has 30 heavy (non-hydrogen) atoms. The van der Waals surface area contributed by atoms with Gasteiger partial charge in [0.1, 0.15) is 11.5 Å². The van der Waals surface area contributed by atoms with Crippen molar-refractivity contribution in [2.75, 3.05) is 0 Å². The number of hydrogen-bond donors (Lipinski definition) is 1. The minimum absolute atomic E-state index is 0.0398. The second-order valence-corrected chi connectivity index (χ2v) is 8.63. The summed E-state index contributed by atoms with van der Waals surface area (Å²) in [5.74, 6) is -0.175. The van der Waals surface area contributed by atoms with E-state index < -0.39 is 15.9 Å². The third-order valence-electron chi connectivity index (χ3n) is 5.01. The van der Waals surface area contributed by atoms with E-state index in [9.17, 15) is 13.2 Å². The van der Waals surface area contributed by atoms with Crippen molar-refractivity contribution in [3.05, 3.63) is 84.2 Å². The number of imidazole rings is 1. The molecule has 1 aromatic heterocycles. The summed E-state index contributed by atoms with van der Waals surface area (Å²) in [5.41, 5.74) is 1.56. The first-order chi connectivity index (χ1) is 14.4. The van der Waals surface area contributed by atoms with Gasteiger partial charge in [0.25, 0.3) is 15.9 Å². The van der Waals surface area contributed by atoms with Gasteiger partial charge in [-0.05, 0) is 28.8 Å². The number of amides is 1. The molecule has 1 N–H and O–H groups in total. The maximum atomic E-state index is 12.8. The van der Waals surface area contributed by atoms with Crippen molar-refractivity contribution in [1.82, 2.24) is 14.3 Å². The Kier molecular flexibility index (Phi) is 5.13. The molecule has 0 aliphatic heterocycles. The summed E-state index contributed by atoms with van der Waals surface area (Å²) in [6.07, 6.45) is 2.08. The van der Waals surface area contributed by atoms with E-state index in [4.69, 9.17) is 0 Å². The molecule has 7 heteroatoms. The second kappa shape index (κ2) is 7.76. The standard InChI is InChI=1S/C23H21N3O3S/c1-3-16-9-5-7-14-21(16)30(28,29)25-23(27)20-15-26(2)22(24-20)19-13-8-11-17-10-4-6-12-18(17)19/h4-15H,3H2,1-2H3,(H,25,27). The van der Waals surface area contributed by atoms with E-state index in [0.29, 0.717) is 17.8 Å². The number of benzene rings is 3. The van der Waals surface area contributed by atoms with E-state index in [2.05, 4.69) is 9.71 Å². The third kappa shape index (κ3) is 3.59. The van der Waals surface area contributed by atoms with Crippen LogP contribution in [0.4, 0.5) is 0 Å². The van der Waals surface area contributed by atoms with Gasteiger partial charge < -0.3 is 4.57 Å². The van der Waals surface area contributed by atoms with Gasteiger partial charge in [0.15, 0.2) is 0 Å². The summed E-state index contributed by atoms with van der Waals surface area (Å²) in [6.45, 7) is 1.87. The predicted octanol–water partition coefficient (Wildman–Crippen LogP) is 3.92. The number of sulfonamides is 1. The highest BCUT2D eigenvalue weighted by Gasteiger charge is 2.23. The molecule has 1 amide bonds. The van der Waals surface area contributed by atoms with Crippen molar-refractivity contribution in [2.45, 2.75) is 18.2 Å². The Bertz CT molecular complexity index is 1350. The van der Waals surface area contributed by atoms with Crippen LogP contribution in [0.25, 0.3) is 22.2 Å². The number of hydrogen-bond acceptors (Lipinski definition) is 4. The molecule has 152 valence electrons. The van der Waals surface area contributed by atoms with Crippen LogP contribution in [-0.4, -0.2) is 23.9 Å². The zero-order valence-corrected chi connectivity index (χ0v) is 17.5. The molecule has 0 saturated heterocycles. The molecule has 0 bridgehead atoms. The van der Waals surface area contributed by atoms with Crippen LogP contribution >= 0.6 is 0 Å². The molecule has 0 spiro atoms. The fourth-order valence-corrected chi connectivity index (χ4v) is 4.81. The highest BCUT2D eigenvalue weighted by Crippen LogP contribution is 2.27. The van der Waals surface area contributed by atoms with Gasteiger partial charge >= 0.3 is 0 Å². The quantitative estimate of drug-likeness (QED) is 0.532. The van der Waals surface area contributed by atoms with Gasteiger partial charge in [-0.15, -0.1) is 0 Å². The molecular formula is C23H21N3O3S. The molecule has 0 unspecified atom stereocenters. The molecule has 0 fully saturated rings. The number of carbonyl (C=O) groups is 1. The fraction of sp³-hybridized carbons (Fsp3) is 0.130. The molecule has 6 nitrogen and oxygen atoms in total. The fourth-order valence-electron chi connectivity index (χ4n) is 3.53. The van der Waals surface area contributed by atoms with Crippen molar-refractivity contribution in [3.63, 3.8) is 0 Å². The number of nitrogens with one attached hydrogen (secondary N) is 1. The van der Waals surface area contributed by atoms with Gasteiger partial charge in [-0.25, -0.2) is 18.1 Å². The molecule has 0 atom stereocenters. The van der Waals surface area contributed by atoms with Crippen LogP contribution in [0.2, 0.25) is 0 Å². The van der Waals surface area contributed by atoms with Gasteiger partial charge in [-0.3, -0.25) is 4.79 Å². The van der Waals surface area contributed by atoms with Crippen molar-refractivity contribution in [2.24, 2.45) is 7.05 Å². The lowest BCUT2D eigenvalue weighted by Gasteiger charge is -2.09. The van der Waals surface area contributed by atoms with E-state index in [-0.39, 0.29) is 10.6 Å². The minimum Gasteiger partial charge on any atom is -0.333 e. The molecule has 4 aromatic rings. The Balaban J connectivity index is 1.69. The first kappa shape index (κ1) is 19.8. The van der Waals surface area contributed by atoms with Gasteiger partial charge in [-0.1, -0.05) is 67.6 Å². The molecule has 0 radical (unpaired) electrons. The van der Waals surface area contributed by atoms with Gasteiger partial charge in [-0.2, -0.15) is 0 Å². The van der Waals surface area contributed by atoms with Gasteiger partial charge in [0.05, 0.1) is 4.90 Å². The number of rotatable bonds is 5. The average molecular weight is 420 g/mol. The monoisotopic (exact) mass is 419 g/mol. The van der Waals surface area contributed by atoms with Crippen LogP contribution in [0.5, 0.6) is 0 Å². The Labute approximate surface area is 175 Å². The lowest BCUT2D eigenvalue weighted by atomic mass is 10.0. The third-order valence-corrected chi connectivity index (χ3v) is 6.44. The van der Waals surface area contributed by atoms with E-state index in [1.54, 1.807) is 29.8 Å². The molecule has 0 aliphatic rings. The summed E-state index contributed by atoms with van der Waals surface area (Å²) in [5, 5.41) is 2.06. The maximum Gasteiger partial charge on any atom is 0.285 e. The number of carbonyl (C=O) groups excluding carboxylic acids is 1. The topological polar surface area (TPSA) is 81.1 Å². The first-order valence-electron chi connectivity index (χ1n) is 9.57. The summed E-state index contributed by atoms with van der Waals surface area (Å²) in [6, 6.07) is 20.4. The maximum absolute atomic E-state index is 12.8. The average Bonchev–Trinajstić information content (AvgIpc) is 3.14. The molecular weight excluding hydrogens is 398 g/mol. The number of fused-ring (bicyclic) bond motifs is 1. The largest absolute Gasteiger partial charge is 0.333 e. The van der Waals surface area contributed by atoms with E-state index >= 15 is 0 Å². The molecule has 1 heterocycles. The van der Waals surface area contributed by atoms with Gasteiger partial charge in [0.2, 0.25) is 0 Å². The smallest absolute Gasteiger partial charge is 0.285 e. The Morgan fingerprint density at radius 1 is 1.00 bits per heavy atom. The van der Waals surface area contributed by atoms with E-state index in [1.165, 1.54) is 12.3 Å². The van der Waals surface area contributed by atoms with Crippen molar-refractivity contribution >= 4 is 26.7 Å². The zero-order chi connectivity index (χ0) is 21.3. The lowest BCUT2D eigenvalue weighted by Crippen LogP contribution is -2.31. The first-order valence-corrected chi connectivity index (χ1v) is 11.1. The van der Waals surface area contributed by atoms with Crippen LogP contribution in [0.3, 0.4) is 0 Å². The van der Waals surface area contributed by atoms with E-state index in [1.807, 2.05) is 49.4 Å². The second-order valence-electron chi connectivity index (χ2n) is 6.98. The molecule has 0 aliphatic carbocycles. The lowest BCUT2D eigenvalue weighted by molar-refractivity contribution is 0.0977. The van der Waals surface area contributed by atoms with Crippen molar-refractivity contribution < 1.29 is 13.2 Å². The van der Waals surface area contributed by atoms with Crippen LogP contribution < -0.4 is 4.72 Å². The Hall–Kier alpha value is -3.45. The minimum atomic E-state index is -4.00. The highest BCUT2D eigenvalue weighted by atomic mass is 32.2. The molecule has 0 saturated carbocycles. The van der Waals surface area contributed by atoms with Crippen LogP contribution in [-0.2, 0) is 23.5 Å². The summed E-state index contributed by atoms with van der Waals surface area (Å²) in [7, 11) is -2.22. The Morgan fingerprint density at radius 3 is 2.50 bits per heavy atom. The molecule has 3 aromatic carbocycles. The van der Waals surface area contributed by atoms with E-state index in [0.717, 1.165) is 16.3 Å². The van der Waals surface area contributed by atoms with Crippen molar-refractivity contribution in [1.29, 1.82) is 0 Å². The Morgan fingerprint density at radius 2 is 1.70 bits per heavy atom. The van der Waals surface area contributed by atoms with Crippen LogP contribution in [0.1, 0.15) is 23.0 Å². The number of aryl methyl sites for hydroxylation is 2. The zero-order valence-electron chi connectivity index (χ0n) is 16.7. The summed E-state index contributed by atoms with van der Waals surface area (Å²) in [4.78, 5) is 17.3. The van der Waals surface area contributed by atoms with Gasteiger partial charge in [0, 0.05) is 18.8 Å². The summed E-state index contributed by atoms with van der Waals surface area (Å²) >= 11 is 0. The SMILES string of the molecule is CCc1ccccc1S(=O)(=O)NC(=O)c1cn(C)c(-c2cccc3ccccc23)n1. The highest BCUT2D eigenvalue weighted by molar-refractivity contribution is 7.90. The molecule has 4 rings (SSSR count). The number of nitrogens with zero attached hydrogens (tertiary/aromatic N) is 2. The van der Waals surface area contributed by atoms with Crippen LogP contribution in [0.15, 0.2) is 77.8 Å². The van der Waals surface area contributed by atoms with Crippen molar-refractivity contribution in [3.8, 4) is 11.4 Å². The number of aromatic nitrogens is 2. The predicted molar refractivity (Wildman–Crippen MR) is 117 cm³/mol. The van der Waals surface area contributed by atoms with Crippen LogP contribution in [0, 0.1) is 0 Å². The normalized spacial score (nSPS) is 11.5.